The topological polar surface area (TPSA) is 613 Å². The zero-order valence-electron chi connectivity index (χ0n) is 56.5. The van der Waals surface area contributed by atoms with Crippen LogP contribution in [-0.2, 0) is 60.7 Å². The van der Waals surface area contributed by atoms with Gasteiger partial charge < -0.3 is 42.1 Å². The number of rotatable bonds is 22. The molecule has 574 valence electrons. The van der Waals surface area contributed by atoms with E-state index in [1.54, 1.807) is 36.4 Å². The average Bonchev–Trinajstić information content (AvgIpc) is 0.748. The first-order valence-corrected chi connectivity index (χ1v) is 41.1. The van der Waals surface area contributed by atoms with Gasteiger partial charge in [-0.3, -0.25) is 47.1 Å². The average molecular weight is 1620 g/mol. The Bertz CT molecular complexity index is 6150. The summed E-state index contributed by atoms with van der Waals surface area (Å²) >= 11 is 0. The Labute approximate surface area is 623 Å². The summed E-state index contributed by atoms with van der Waals surface area (Å²) in [5.41, 5.74) is 7.42. The molecule has 9 aromatic carbocycles. The second-order valence-corrected chi connectivity index (χ2v) is 33.0. The second-order valence-electron chi connectivity index (χ2n) is 24.7. The van der Waals surface area contributed by atoms with Gasteiger partial charge in [-0.2, -0.15) is 70.4 Å². The number of nitrogens with two attached hydrogens (primary N) is 2. The van der Waals surface area contributed by atoms with Gasteiger partial charge in [0.2, 0.25) is 35.0 Å². The van der Waals surface area contributed by atoms with Gasteiger partial charge in [0.25, 0.3) is 60.7 Å². The van der Waals surface area contributed by atoms with E-state index < -0.39 is 157 Å². The van der Waals surface area contributed by atoms with Crippen molar-refractivity contribution in [3.63, 3.8) is 0 Å². The fourth-order valence-corrected chi connectivity index (χ4v) is 16.5. The van der Waals surface area contributed by atoms with Crippen LogP contribution in [0.15, 0.2) is 193 Å². The van der Waals surface area contributed by atoms with Gasteiger partial charge in [0.05, 0.1) is 31.9 Å². The maximum absolute atomic E-state index is 13.1. The number of hydrogen-bond acceptors (Lipinski definition) is 32. The second kappa shape index (κ2) is 30.1. The van der Waals surface area contributed by atoms with Crippen LogP contribution in [0, 0.1) is 0 Å². The summed E-state index contributed by atoms with van der Waals surface area (Å²) in [5, 5.41) is 44.8. The number of fused-ring (bicyclic) bond motifs is 4. The van der Waals surface area contributed by atoms with Crippen molar-refractivity contribution in [2.45, 2.75) is 29.4 Å². The van der Waals surface area contributed by atoms with Crippen LogP contribution in [0.3, 0.4) is 0 Å². The van der Waals surface area contributed by atoms with Crippen molar-refractivity contribution >= 4 is 173 Å². The van der Waals surface area contributed by atoms with Crippen LogP contribution in [0.1, 0.15) is 0 Å². The number of phenols is 2. The summed E-state index contributed by atoms with van der Waals surface area (Å²) in [6, 6.07) is 27.7. The van der Waals surface area contributed by atoms with Gasteiger partial charge in [-0.1, -0.05) is 60.7 Å². The molecule has 0 saturated carbocycles. The monoisotopic (exact) mass is 1620 g/mol. The van der Waals surface area contributed by atoms with Crippen LogP contribution in [0.2, 0.25) is 0 Å². The molecule has 0 unspecified atom stereocenters. The van der Waals surface area contributed by atoms with E-state index in [1.165, 1.54) is 48.5 Å². The molecule has 2 saturated heterocycles. The number of H-pyrrole nitrogens is 2. The van der Waals surface area contributed by atoms with Crippen LogP contribution < -0.4 is 43.1 Å². The van der Waals surface area contributed by atoms with E-state index in [0.717, 1.165) is 36.4 Å². The third kappa shape index (κ3) is 16.7. The highest BCUT2D eigenvalue weighted by Crippen LogP contribution is 2.49. The molecule has 13 rings (SSSR count). The number of benzene rings is 9. The molecule has 40 nitrogen and oxygen atoms in total. The molecule has 0 spiro atoms. The number of aromatic nitrogens is 6. The number of nitrogens with one attached hydrogen (secondary N) is 4. The van der Waals surface area contributed by atoms with Gasteiger partial charge in [-0.25, -0.2) is 9.98 Å². The van der Waals surface area contributed by atoms with Gasteiger partial charge in [0, 0.05) is 101 Å². The maximum Gasteiger partial charge on any atom is 0.297 e. The molecule has 16 N–H and O–H groups in total. The normalized spacial score (nSPS) is 15.2. The Morgan fingerprint density at radius 2 is 0.764 bits per heavy atom. The minimum absolute atomic E-state index is 0.0204. The van der Waals surface area contributed by atoms with Crippen molar-refractivity contribution in [2.24, 2.45) is 41.9 Å². The van der Waals surface area contributed by atoms with Crippen LogP contribution in [-0.4, -0.2) is 206 Å². The van der Waals surface area contributed by atoms with E-state index in [4.69, 9.17) is 21.4 Å². The molecular formula is C64H62N20O20S6. The number of piperazine rings is 2. The Morgan fingerprint density at radius 3 is 1.10 bits per heavy atom. The molecular weight excluding hydrogens is 1560 g/mol. The van der Waals surface area contributed by atoms with E-state index in [2.05, 4.69) is 70.8 Å². The van der Waals surface area contributed by atoms with E-state index in [0.29, 0.717) is 113 Å². The Morgan fingerprint density at radius 1 is 0.400 bits per heavy atom. The molecule has 110 heavy (non-hydrogen) atoms. The Balaban J connectivity index is 0.900. The highest BCUT2D eigenvalue weighted by Gasteiger charge is 2.31. The van der Waals surface area contributed by atoms with Crippen LogP contribution in [0.5, 0.6) is 11.5 Å². The van der Waals surface area contributed by atoms with Crippen molar-refractivity contribution in [2.75, 3.05) is 99.0 Å². The predicted molar refractivity (Wildman–Crippen MR) is 398 cm³/mol. The van der Waals surface area contributed by atoms with Crippen molar-refractivity contribution in [1.29, 1.82) is 0 Å². The highest BCUT2D eigenvalue weighted by atomic mass is 32.2. The van der Waals surface area contributed by atoms with E-state index in [9.17, 15) is 88.0 Å². The third-order valence-corrected chi connectivity index (χ3v) is 22.8. The van der Waals surface area contributed by atoms with Gasteiger partial charge in [0.1, 0.15) is 42.3 Å². The van der Waals surface area contributed by atoms with Crippen molar-refractivity contribution in [3.8, 4) is 11.5 Å². The van der Waals surface area contributed by atoms with Crippen molar-refractivity contribution in [1.82, 2.24) is 39.7 Å². The number of nitrogens with zero attached hydrogens (tertiary/aromatic N) is 14. The third-order valence-electron chi connectivity index (χ3n) is 17.5. The number of azo groups is 2. The Hall–Kier alpha value is -11.1. The van der Waals surface area contributed by atoms with Crippen LogP contribution in [0.25, 0.3) is 43.1 Å². The zero-order chi connectivity index (χ0) is 78.6. The molecule has 2 aliphatic rings. The van der Waals surface area contributed by atoms with E-state index >= 15 is 0 Å². The molecule has 0 atom stereocenters. The standard InChI is InChI=1S/C64H62N20O20S6/c65-17-19-81-21-25-83(26-22-81)63-73-59(71-61(75-63)69-47-33-41(105(87,88)89)29-37-31-49(107(93,94)95)53(55(85)51(37)47)79-77-45-15-9-35-5-1-3-7-43(35)57(45)109(99,100)101)67-39-11-13-40(14-12-39)68-60-72-62(76-64(74-60)84-27-23-82(20-18-66)24-28-84)70-48-34-42(106(90,91)92)30-38-32-50(108(96,97)98)54(56(86)52(38)48)80-78-46-16-10-36-6-2-4-8-44(36)58(46)110(102,103)104/h1-16,29-34,85-86H,17-28,65-66H2,(H,87,88,89)(H,90,91,92)(H,93,94,95)(H,96,97,98)(H,99,100,101)(H,102,103,104)(H2,67,69,71,73,75)(H2,68,70,72,74,76). The summed E-state index contributed by atoms with van der Waals surface area (Å²) < 4.78 is 218. The minimum atomic E-state index is -5.44. The number of aromatic amines is 2. The van der Waals surface area contributed by atoms with E-state index in [1.807, 2.05) is 9.80 Å². The van der Waals surface area contributed by atoms with Gasteiger partial charge in [-0.15, -0.1) is 20.5 Å². The summed E-state index contributed by atoms with van der Waals surface area (Å²) in [6.45, 7) is 5.36. The number of anilines is 6. The lowest BCUT2D eigenvalue weighted by molar-refractivity contribution is 0.263. The molecule has 11 aromatic rings. The lowest BCUT2D eigenvalue weighted by Gasteiger charge is -2.34. The summed E-state index contributed by atoms with van der Waals surface area (Å²) in [7, 11) is -31.5. The largest absolute Gasteiger partial charge is 0.505 e. The lowest BCUT2D eigenvalue weighted by Crippen LogP contribution is -2.48. The predicted octanol–water partition coefficient (Wildman–Crippen LogP) is 6.37. The summed E-state index contributed by atoms with van der Waals surface area (Å²) in [4.78, 5) is 36.0. The van der Waals surface area contributed by atoms with Crippen molar-refractivity contribution < 1.29 is 88.0 Å². The van der Waals surface area contributed by atoms with Gasteiger partial charge in [0.15, 0.2) is 11.5 Å². The summed E-state index contributed by atoms with van der Waals surface area (Å²) in [6.07, 6.45) is 0. The highest BCUT2D eigenvalue weighted by molar-refractivity contribution is 7.87. The molecule has 2 aliphatic heterocycles. The molecule has 46 heteroatoms. The summed E-state index contributed by atoms with van der Waals surface area (Å²) in [5.74, 6) is -2.32. The zero-order valence-corrected chi connectivity index (χ0v) is 61.4. The van der Waals surface area contributed by atoms with Gasteiger partial charge in [-0.05, 0) is 94.3 Å². The SMILES string of the molecule is NCCN1CCN(c2nc(Nc3ccc(Nc4nc(N5CCN(CCN)CC5)[nH]c(=Nc5cc(S(=O)(=O)O)cc6cc(S(=O)(=O)O)c(N=Nc7ccc8ccccc8c7S(=O)(=O)O)c(O)c56)n4)cc3)nc(=Nc3cc(S(=O)(=O)O)cc4cc(S(=O)(=O)O)c(N=Nc5ccc6ccccc6c5S(=O)(=O)O)c(O)c34)[nH]2)CC1. The van der Waals surface area contributed by atoms with Gasteiger partial charge >= 0.3 is 0 Å². The molecule has 0 amide bonds. The number of hydrogen-bond donors (Lipinski definition) is 14. The molecule has 2 fully saturated rings. The molecule has 0 radical (unpaired) electrons. The maximum atomic E-state index is 13.1. The lowest BCUT2D eigenvalue weighted by atomic mass is 10.1. The quantitative estimate of drug-likeness (QED) is 0.0259. The first-order chi connectivity index (χ1) is 52.0. The van der Waals surface area contributed by atoms with Crippen LogP contribution in [0.4, 0.5) is 69.3 Å². The van der Waals surface area contributed by atoms with Crippen molar-refractivity contribution in [3.05, 3.63) is 145 Å². The fraction of sp³-hybridized carbons (Fsp3) is 0.188. The molecule has 4 heterocycles. The number of phenolic OH excluding ortho intramolecular Hbond substituents is 2. The molecule has 0 bridgehead atoms. The smallest absolute Gasteiger partial charge is 0.297 e. The molecule has 2 aromatic heterocycles. The number of aromatic hydroxyl groups is 2. The van der Waals surface area contributed by atoms with E-state index in [-0.39, 0.29) is 45.8 Å². The first-order valence-electron chi connectivity index (χ1n) is 32.4. The minimum Gasteiger partial charge on any atom is -0.505 e. The first kappa shape index (κ1) is 77.1. The van der Waals surface area contributed by atoms with Crippen LogP contribution >= 0.6 is 0 Å². The fourth-order valence-electron chi connectivity index (χ4n) is 12.4. The Kier molecular flexibility index (Phi) is 21.1. The molecule has 0 aliphatic carbocycles.